The first-order valence-corrected chi connectivity index (χ1v) is 8.25. The zero-order valence-corrected chi connectivity index (χ0v) is 14.1. The van der Waals surface area contributed by atoms with Crippen LogP contribution in [0.15, 0.2) is 6.07 Å². The van der Waals surface area contributed by atoms with Gasteiger partial charge in [0.1, 0.15) is 6.07 Å². The molecule has 2 aromatic rings. The number of rotatable bonds is 2. The molecule has 0 saturated heterocycles. The van der Waals surface area contributed by atoms with E-state index < -0.39 is 0 Å². The van der Waals surface area contributed by atoms with Gasteiger partial charge in [-0.1, -0.05) is 0 Å². The van der Waals surface area contributed by atoms with E-state index in [2.05, 4.69) is 15.4 Å². The van der Waals surface area contributed by atoms with E-state index in [9.17, 15) is 4.79 Å². The predicted molar refractivity (Wildman–Crippen MR) is 85.9 cm³/mol. The average molecular weight is 330 g/mol. The molecule has 120 valence electrons. The number of nitriles is 1. The summed E-state index contributed by atoms with van der Waals surface area (Å²) >= 11 is 1.64. The van der Waals surface area contributed by atoms with Gasteiger partial charge in [0.05, 0.1) is 35.5 Å². The Kier molecular flexibility index (Phi) is 4.05. The van der Waals surface area contributed by atoms with Gasteiger partial charge >= 0.3 is 6.03 Å². The van der Waals surface area contributed by atoms with E-state index in [1.54, 1.807) is 27.0 Å². The molecule has 8 heteroatoms. The SMILES string of the molecule is Cc1nc(C(C)NC(=O)N2CCn3nc(C#N)cc3C2)c(C)s1. The summed E-state index contributed by atoms with van der Waals surface area (Å²) in [5, 5.41) is 17.1. The smallest absolute Gasteiger partial charge is 0.318 e. The lowest BCUT2D eigenvalue weighted by Gasteiger charge is -2.29. The summed E-state index contributed by atoms with van der Waals surface area (Å²) in [6, 6.07) is 3.52. The van der Waals surface area contributed by atoms with Crippen molar-refractivity contribution in [3.63, 3.8) is 0 Å². The van der Waals surface area contributed by atoms with Crippen LogP contribution < -0.4 is 5.32 Å². The number of amides is 2. The largest absolute Gasteiger partial charge is 0.330 e. The summed E-state index contributed by atoms with van der Waals surface area (Å²) in [5.41, 5.74) is 2.20. The Morgan fingerprint density at radius 1 is 1.48 bits per heavy atom. The topological polar surface area (TPSA) is 86.8 Å². The monoisotopic (exact) mass is 330 g/mol. The molecule has 7 nitrogen and oxygen atoms in total. The van der Waals surface area contributed by atoms with E-state index in [0.717, 1.165) is 21.3 Å². The summed E-state index contributed by atoms with van der Waals surface area (Å²) < 4.78 is 1.79. The minimum atomic E-state index is -0.131. The first-order chi connectivity index (χ1) is 11.0. The van der Waals surface area contributed by atoms with Crippen LogP contribution >= 0.6 is 11.3 Å². The molecule has 0 fully saturated rings. The second-order valence-electron chi connectivity index (χ2n) is 5.62. The van der Waals surface area contributed by atoms with Crippen LogP contribution in [0.4, 0.5) is 4.79 Å². The molecule has 3 heterocycles. The Bertz CT molecular complexity index is 786. The molecule has 0 radical (unpaired) electrons. The van der Waals surface area contributed by atoms with Gasteiger partial charge in [-0.15, -0.1) is 11.3 Å². The third kappa shape index (κ3) is 3.05. The molecule has 1 N–H and O–H groups in total. The van der Waals surface area contributed by atoms with Crippen molar-refractivity contribution in [2.75, 3.05) is 6.54 Å². The highest BCUT2D eigenvalue weighted by molar-refractivity contribution is 7.11. The summed E-state index contributed by atoms with van der Waals surface area (Å²) in [7, 11) is 0. The maximum Gasteiger partial charge on any atom is 0.318 e. The van der Waals surface area contributed by atoms with Crippen molar-refractivity contribution in [2.45, 2.75) is 39.9 Å². The first kappa shape index (κ1) is 15.5. The normalized spacial score (nSPS) is 15.0. The van der Waals surface area contributed by atoms with Crippen LogP contribution in [0.1, 0.15) is 39.9 Å². The van der Waals surface area contributed by atoms with Crippen molar-refractivity contribution in [1.29, 1.82) is 5.26 Å². The van der Waals surface area contributed by atoms with Gasteiger partial charge in [-0.05, 0) is 26.8 Å². The molecule has 0 saturated carbocycles. The summed E-state index contributed by atoms with van der Waals surface area (Å²) in [5.74, 6) is 0. The van der Waals surface area contributed by atoms with E-state index in [-0.39, 0.29) is 12.1 Å². The number of aryl methyl sites for hydroxylation is 2. The molecule has 3 rings (SSSR count). The van der Waals surface area contributed by atoms with Crippen LogP contribution in [0.2, 0.25) is 0 Å². The Labute approximate surface area is 138 Å². The number of fused-ring (bicyclic) bond motifs is 1. The molecule has 1 atom stereocenters. The van der Waals surface area contributed by atoms with Crippen LogP contribution in [-0.4, -0.2) is 32.2 Å². The van der Waals surface area contributed by atoms with Gasteiger partial charge in [0.2, 0.25) is 0 Å². The van der Waals surface area contributed by atoms with Crippen LogP contribution in [0.25, 0.3) is 0 Å². The molecule has 1 aliphatic rings. The van der Waals surface area contributed by atoms with Gasteiger partial charge in [0.25, 0.3) is 0 Å². The fraction of sp³-hybridized carbons (Fsp3) is 0.467. The number of aromatic nitrogens is 3. The molecule has 0 spiro atoms. The number of carbonyl (C=O) groups excluding carboxylic acids is 1. The number of urea groups is 1. The summed E-state index contributed by atoms with van der Waals surface area (Å²) in [6.07, 6.45) is 0. The number of thiazole rings is 1. The molecular weight excluding hydrogens is 312 g/mol. The standard InChI is InChI=1S/C15H18N6OS/c1-9(14-10(2)23-11(3)18-14)17-15(22)20-4-5-21-13(8-20)6-12(7-16)19-21/h6,9H,4-5,8H2,1-3H3,(H,17,22). The van der Waals surface area contributed by atoms with Gasteiger partial charge < -0.3 is 10.2 Å². The maximum atomic E-state index is 12.5. The lowest BCUT2D eigenvalue weighted by Crippen LogP contribution is -2.45. The van der Waals surface area contributed by atoms with Gasteiger partial charge in [-0.3, -0.25) is 4.68 Å². The predicted octanol–water partition coefficient (Wildman–Crippen LogP) is 2.11. The quantitative estimate of drug-likeness (QED) is 0.913. The van der Waals surface area contributed by atoms with E-state index >= 15 is 0 Å². The number of hydrogen-bond donors (Lipinski definition) is 1. The van der Waals surface area contributed by atoms with E-state index in [0.29, 0.717) is 25.3 Å². The lowest BCUT2D eigenvalue weighted by atomic mass is 10.2. The minimum Gasteiger partial charge on any atom is -0.330 e. The van der Waals surface area contributed by atoms with E-state index in [1.807, 2.05) is 26.8 Å². The van der Waals surface area contributed by atoms with Crippen molar-refractivity contribution >= 4 is 17.4 Å². The second kappa shape index (κ2) is 6.01. The Morgan fingerprint density at radius 2 is 2.26 bits per heavy atom. The zero-order valence-electron chi connectivity index (χ0n) is 13.3. The molecule has 0 aliphatic carbocycles. The van der Waals surface area contributed by atoms with E-state index in [1.165, 1.54) is 0 Å². The average Bonchev–Trinajstić information content (AvgIpc) is 3.08. The van der Waals surface area contributed by atoms with Crippen molar-refractivity contribution in [3.8, 4) is 6.07 Å². The fourth-order valence-electron chi connectivity index (χ4n) is 2.79. The van der Waals surface area contributed by atoms with Crippen molar-refractivity contribution in [1.82, 2.24) is 25.0 Å². The van der Waals surface area contributed by atoms with Gasteiger partial charge in [-0.25, -0.2) is 9.78 Å². The molecule has 23 heavy (non-hydrogen) atoms. The highest BCUT2D eigenvalue weighted by Crippen LogP contribution is 2.23. The van der Waals surface area contributed by atoms with Gasteiger partial charge in [0.15, 0.2) is 5.69 Å². The highest BCUT2D eigenvalue weighted by Gasteiger charge is 2.24. The van der Waals surface area contributed by atoms with Crippen molar-refractivity contribution < 1.29 is 4.79 Å². The van der Waals surface area contributed by atoms with Crippen LogP contribution in [-0.2, 0) is 13.1 Å². The Morgan fingerprint density at radius 3 is 2.91 bits per heavy atom. The minimum absolute atomic E-state index is 0.117. The van der Waals surface area contributed by atoms with Gasteiger partial charge in [-0.2, -0.15) is 10.4 Å². The zero-order chi connectivity index (χ0) is 16.6. The summed E-state index contributed by atoms with van der Waals surface area (Å²) in [4.78, 5) is 19.8. The number of nitrogens with zero attached hydrogens (tertiary/aromatic N) is 5. The van der Waals surface area contributed by atoms with Crippen LogP contribution in [0, 0.1) is 25.2 Å². The van der Waals surface area contributed by atoms with Crippen molar-refractivity contribution in [3.05, 3.63) is 33.0 Å². The summed E-state index contributed by atoms with van der Waals surface area (Å²) in [6.45, 7) is 7.57. The molecule has 2 amide bonds. The van der Waals surface area contributed by atoms with Crippen LogP contribution in [0.5, 0.6) is 0 Å². The molecule has 0 bridgehead atoms. The molecule has 1 aliphatic heterocycles. The number of carbonyl (C=O) groups is 1. The lowest BCUT2D eigenvalue weighted by molar-refractivity contribution is 0.178. The van der Waals surface area contributed by atoms with Crippen molar-refractivity contribution in [2.24, 2.45) is 0 Å². The Hall–Kier alpha value is -2.40. The number of hydrogen-bond acceptors (Lipinski definition) is 5. The molecule has 0 aromatic carbocycles. The number of nitrogens with one attached hydrogen (secondary N) is 1. The molecule has 2 aromatic heterocycles. The van der Waals surface area contributed by atoms with Gasteiger partial charge in [0, 0.05) is 11.4 Å². The fourth-order valence-corrected chi connectivity index (χ4v) is 3.70. The third-order valence-electron chi connectivity index (χ3n) is 3.89. The highest BCUT2D eigenvalue weighted by atomic mass is 32.1. The molecule has 1 unspecified atom stereocenters. The third-order valence-corrected chi connectivity index (χ3v) is 4.79. The second-order valence-corrected chi connectivity index (χ2v) is 7.03. The molecular formula is C15H18N6OS. The Balaban J connectivity index is 1.67. The first-order valence-electron chi connectivity index (χ1n) is 7.44. The maximum absolute atomic E-state index is 12.5. The van der Waals surface area contributed by atoms with E-state index in [4.69, 9.17) is 5.26 Å². The van der Waals surface area contributed by atoms with Crippen LogP contribution in [0.3, 0.4) is 0 Å².